The van der Waals surface area contributed by atoms with E-state index in [1.54, 1.807) is 35.4 Å². The van der Waals surface area contributed by atoms with E-state index in [9.17, 15) is 10.1 Å². The summed E-state index contributed by atoms with van der Waals surface area (Å²) in [7, 11) is 0. The Morgan fingerprint density at radius 2 is 1.94 bits per heavy atom. The third-order valence-electron chi connectivity index (χ3n) is 6.04. The van der Waals surface area contributed by atoms with Gasteiger partial charge in [-0.2, -0.15) is 10.5 Å². The molecule has 1 unspecified atom stereocenters. The summed E-state index contributed by atoms with van der Waals surface area (Å²) in [6.45, 7) is 5.59. The van der Waals surface area contributed by atoms with Crippen molar-refractivity contribution in [3.05, 3.63) is 66.4 Å². The van der Waals surface area contributed by atoms with Gasteiger partial charge < -0.3 is 20.4 Å². The van der Waals surface area contributed by atoms with E-state index in [0.717, 1.165) is 16.6 Å². The Bertz CT molecular complexity index is 1330. The van der Waals surface area contributed by atoms with Gasteiger partial charge in [0.15, 0.2) is 0 Å². The maximum absolute atomic E-state index is 13.0. The molecule has 1 fully saturated rings. The number of nitrogens with one attached hydrogen (secondary N) is 2. The second-order valence-corrected chi connectivity index (χ2v) is 8.61. The molecular weight excluding hydrogens is 440 g/mol. The van der Waals surface area contributed by atoms with Gasteiger partial charge in [0.1, 0.15) is 0 Å². The average Bonchev–Trinajstić information content (AvgIpc) is 2.88. The highest BCUT2D eigenvalue weighted by Gasteiger charge is 2.34. The molecule has 1 aromatic heterocycles. The lowest BCUT2D eigenvalue weighted by molar-refractivity contribution is 0.120. The van der Waals surface area contributed by atoms with Crippen LogP contribution in [0, 0.1) is 28.7 Å². The van der Waals surface area contributed by atoms with Gasteiger partial charge >= 0.3 is 6.03 Å². The van der Waals surface area contributed by atoms with Crippen LogP contribution in [0.15, 0.2) is 65.8 Å². The number of benzene rings is 2. The van der Waals surface area contributed by atoms with Gasteiger partial charge in [0.2, 0.25) is 12.2 Å². The van der Waals surface area contributed by atoms with Crippen LogP contribution in [-0.2, 0) is 0 Å². The van der Waals surface area contributed by atoms with Crippen molar-refractivity contribution in [1.29, 1.82) is 10.5 Å². The first kappa shape index (κ1) is 23.5. The fourth-order valence-electron chi connectivity index (χ4n) is 4.24. The second kappa shape index (κ2) is 10.5. The third-order valence-corrected chi connectivity index (χ3v) is 6.04. The molecule has 2 amide bonds. The zero-order valence-electron chi connectivity index (χ0n) is 19.6. The van der Waals surface area contributed by atoms with Crippen LogP contribution in [0.4, 0.5) is 16.2 Å². The number of urea groups is 1. The molecule has 35 heavy (non-hydrogen) atoms. The lowest BCUT2D eigenvalue weighted by Gasteiger charge is -2.44. The molecule has 1 saturated heterocycles. The Hall–Kier alpha value is -4.63. The first-order valence-electron chi connectivity index (χ1n) is 11.4. The molecule has 0 spiro atoms. The Morgan fingerprint density at radius 1 is 1.11 bits per heavy atom. The Balaban J connectivity index is 1.53. The van der Waals surface area contributed by atoms with Crippen molar-refractivity contribution in [2.24, 2.45) is 10.9 Å². The SMILES string of the molecule is CC(C)C1CN(C(=O)Nc2cccc(C#N)c2)CCN1/C(=N\C#N)Nc1cccc2ncccc12. The topological polar surface area (TPSA) is 120 Å². The van der Waals surface area contributed by atoms with Crippen molar-refractivity contribution in [2.45, 2.75) is 19.9 Å². The zero-order valence-corrected chi connectivity index (χ0v) is 19.6. The predicted molar refractivity (Wildman–Crippen MR) is 135 cm³/mol. The quantitative estimate of drug-likeness (QED) is 0.339. The molecule has 2 heterocycles. The maximum Gasteiger partial charge on any atom is 0.321 e. The average molecular weight is 467 g/mol. The smallest absolute Gasteiger partial charge is 0.321 e. The van der Waals surface area contributed by atoms with Gasteiger partial charge in [-0.25, -0.2) is 4.79 Å². The van der Waals surface area contributed by atoms with Crippen molar-refractivity contribution in [2.75, 3.05) is 30.3 Å². The molecule has 2 N–H and O–H groups in total. The number of guanidine groups is 1. The number of piperazine rings is 1. The highest BCUT2D eigenvalue weighted by molar-refractivity contribution is 6.02. The lowest BCUT2D eigenvalue weighted by Crippen LogP contribution is -2.60. The number of fused-ring (bicyclic) bond motifs is 1. The molecule has 176 valence electrons. The van der Waals surface area contributed by atoms with Crippen molar-refractivity contribution >= 4 is 34.3 Å². The fraction of sp³-hybridized carbons (Fsp3) is 0.269. The Labute approximate surface area is 204 Å². The van der Waals surface area contributed by atoms with Gasteiger partial charge in [0.25, 0.3) is 0 Å². The van der Waals surface area contributed by atoms with Gasteiger partial charge in [-0.3, -0.25) is 4.98 Å². The van der Waals surface area contributed by atoms with Crippen LogP contribution in [0.2, 0.25) is 0 Å². The van der Waals surface area contributed by atoms with E-state index in [0.29, 0.717) is 36.8 Å². The maximum atomic E-state index is 13.0. The van der Waals surface area contributed by atoms with E-state index in [1.807, 2.05) is 36.5 Å². The van der Waals surface area contributed by atoms with Crippen molar-refractivity contribution < 1.29 is 4.79 Å². The van der Waals surface area contributed by atoms with Crippen molar-refractivity contribution in [3.63, 3.8) is 0 Å². The summed E-state index contributed by atoms with van der Waals surface area (Å²) in [5, 5.41) is 25.7. The normalized spacial score (nSPS) is 16.0. The van der Waals surface area contributed by atoms with Crippen molar-refractivity contribution in [1.82, 2.24) is 14.8 Å². The molecule has 0 aliphatic carbocycles. The number of hydrogen-bond donors (Lipinski definition) is 2. The summed E-state index contributed by atoms with van der Waals surface area (Å²) in [6.07, 6.45) is 3.66. The molecule has 1 aliphatic rings. The highest BCUT2D eigenvalue weighted by atomic mass is 16.2. The molecule has 3 aromatic rings. The number of carbonyl (C=O) groups is 1. The molecule has 0 saturated carbocycles. The molecule has 1 aliphatic heterocycles. The number of nitriles is 2. The monoisotopic (exact) mass is 466 g/mol. The number of aliphatic imine (C=N–C) groups is 1. The van der Waals surface area contributed by atoms with E-state index in [1.165, 1.54) is 0 Å². The highest BCUT2D eigenvalue weighted by Crippen LogP contribution is 2.24. The number of hydrogen-bond acceptors (Lipinski definition) is 5. The van der Waals surface area contributed by atoms with Crippen LogP contribution < -0.4 is 10.6 Å². The molecule has 9 nitrogen and oxygen atoms in total. The van der Waals surface area contributed by atoms with Crippen LogP contribution in [0.5, 0.6) is 0 Å². The summed E-state index contributed by atoms with van der Waals surface area (Å²) in [5.41, 5.74) is 2.72. The number of amides is 2. The van der Waals surface area contributed by atoms with E-state index in [2.05, 4.69) is 45.4 Å². The van der Waals surface area contributed by atoms with E-state index < -0.39 is 0 Å². The summed E-state index contributed by atoms with van der Waals surface area (Å²) < 4.78 is 0. The molecule has 0 radical (unpaired) electrons. The Kier molecular flexibility index (Phi) is 7.08. The summed E-state index contributed by atoms with van der Waals surface area (Å²) in [4.78, 5) is 25.3. The summed E-state index contributed by atoms with van der Waals surface area (Å²) in [6, 6.07) is 18.2. The lowest BCUT2D eigenvalue weighted by atomic mass is 10.00. The number of anilines is 2. The first-order chi connectivity index (χ1) is 17.0. The van der Waals surface area contributed by atoms with Gasteiger partial charge in [-0.05, 0) is 48.4 Å². The molecule has 2 aromatic carbocycles. The minimum Gasteiger partial charge on any atom is -0.335 e. The molecule has 1 atom stereocenters. The molecule has 0 bridgehead atoms. The van der Waals surface area contributed by atoms with Crippen LogP contribution >= 0.6 is 0 Å². The summed E-state index contributed by atoms with van der Waals surface area (Å²) >= 11 is 0. The van der Waals surface area contributed by atoms with E-state index in [4.69, 9.17) is 5.26 Å². The summed E-state index contributed by atoms with van der Waals surface area (Å²) in [5.74, 6) is 0.636. The second-order valence-electron chi connectivity index (χ2n) is 8.61. The minimum atomic E-state index is -0.225. The van der Waals surface area contributed by atoms with E-state index >= 15 is 0 Å². The van der Waals surface area contributed by atoms with Crippen LogP contribution in [-0.4, -0.2) is 52.5 Å². The molecule has 9 heteroatoms. The third kappa shape index (κ3) is 5.31. The standard InChI is InChI=1S/C26H26N8O/c1-18(2)24-16-33(26(35)31-20-7-3-6-19(14-20)15-27)12-13-34(24)25(30-17-28)32-23-10-4-9-22-21(23)8-5-11-29-22/h3-11,14,18,24H,12-13,16H2,1-2H3,(H,30,32)(H,31,35). The zero-order chi connectivity index (χ0) is 24.8. The van der Waals surface area contributed by atoms with Gasteiger partial charge in [-0.15, -0.1) is 4.99 Å². The van der Waals surface area contributed by atoms with Crippen LogP contribution in [0.1, 0.15) is 19.4 Å². The molecular formula is C26H26N8O. The minimum absolute atomic E-state index is 0.0624. The van der Waals surface area contributed by atoms with E-state index in [-0.39, 0.29) is 18.0 Å². The van der Waals surface area contributed by atoms with Crippen LogP contribution in [0.3, 0.4) is 0 Å². The van der Waals surface area contributed by atoms with Gasteiger partial charge in [0, 0.05) is 36.9 Å². The van der Waals surface area contributed by atoms with Gasteiger partial charge in [0.05, 0.1) is 28.9 Å². The van der Waals surface area contributed by atoms with Gasteiger partial charge in [-0.1, -0.05) is 26.0 Å². The number of nitrogens with zero attached hydrogens (tertiary/aromatic N) is 6. The predicted octanol–water partition coefficient (Wildman–Crippen LogP) is 4.23. The Morgan fingerprint density at radius 3 is 2.71 bits per heavy atom. The molecule has 4 rings (SSSR count). The van der Waals surface area contributed by atoms with Crippen molar-refractivity contribution in [3.8, 4) is 12.3 Å². The number of carbonyl (C=O) groups excluding carboxylic acids is 1. The van der Waals surface area contributed by atoms with Crippen LogP contribution in [0.25, 0.3) is 10.9 Å². The largest absolute Gasteiger partial charge is 0.335 e. The fourth-order valence-corrected chi connectivity index (χ4v) is 4.24. The first-order valence-corrected chi connectivity index (χ1v) is 11.4. The number of rotatable bonds is 3. The number of aromatic nitrogens is 1. The number of pyridine rings is 1.